The van der Waals surface area contributed by atoms with Gasteiger partial charge in [0.1, 0.15) is 17.0 Å². The average Bonchev–Trinajstić information content (AvgIpc) is 3.77. The maximum atomic E-state index is 6.47. The summed E-state index contributed by atoms with van der Waals surface area (Å²) in [5.74, 6) is 1.64. The van der Waals surface area contributed by atoms with Crippen LogP contribution in [0.15, 0.2) is 144 Å². The lowest BCUT2D eigenvalue weighted by Gasteiger charge is -2.20. The van der Waals surface area contributed by atoms with Crippen LogP contribution in [0.5, 0.6) is 0 Å². The molecule has 0 saturated heterocycles. The van der Waals surface area contributed by atoms with Crippen LogP contribution < -0.4 is 0 Å². The van der Waals surface area contributed by atoms with Crippen molar-refractivity contribution in [3.8, 4) is 39.3 Å². The third kappa shape index (κ3) is 5.97. The molecule has 0 aliphatic carbocycles. The van der Waals surface area contributed by atoms with Crippen molar-refractivity contribution >= 4 is 54.6 Å². The van der Waals surface area contributed by atoms with E-state index in [1.807, 2.05) is 26.8 Å². The monoisotopic (exact) mass is 767 g/mol. The largest absolute Gasteiger partial charge is 0.441 e. The molecule has 0 fully saturated rings. The van der Waals surface area contributed by atoms with Gasteiger partial charge in [-0.3, -0.25) is 4.57 Å². The van der Waals surface area contributed by atoms with Crippen LogP contribution in [0.25, 0.3) is 93.9 Å². The number of benzene rings is 7. The molecule has 59 heavy (non-hydrogen) atoms. The molecule has 0 saturated carbocycles. The van der Waals surface area contributed by atoms with Gasteiger partial charge in [-0.15, -0.1) is 6.58 Å². The summed E-state index contributed by atoms with van der Waals surface area (Å²) in [6.07, 6.45) is 3.55. The van der Waals surface area contributed by atoms with E-state index in [9.17, 15) is 0 Å². The molecular formula is C55H49N3O. The molecule has 0 aliphatic rings. The predicted octanol–water partition coefficient (Wildman–Crippen LogP) is 15.3. The minimum Gasteiger partial charge on any atom is -0.441 e. The van der Waals surface area contributed by atoms with Gasteiger partial charge < -0.3 is 4.42 Å². The molecule has 4 heteroatoms. The predicted molar refractivity (Wildman–Crippen MR) is 251 cm³/mol. The molecule has 0 amide bonds. The zero-order valence-corrected chi connectivity index (χ0v) is 35.1. The number of aryl methyl sites for hydroxylation is 5. The van der Waals surface area contributed by atoms with E-state index in [0.717, 1.165) is 63.4 Å². The topological polar surface area (TPSA) is 43.9 Å². The maximum absolute atomic E-state index is 6.47. The minimum atomic E-state index is 0.556. The Hall–Kier alpha value is -6.78. The Labute approximate surface area is 346 Å². The Morgan fingerprint density at radius 3 is 2.03 bits per heavy atom. The molecule has 0 spiro atoms. The molecule has 10 rings (SSSR count). The van der Waals surface area contributed by atoms with Crippen LogP contribution >= 0.6 is 0 Å². The van der Waals surface area contributed by atoms with E-state index in [0.29, 0.717) is 5.71 Å². The van der Waals surface area contributed by atoms with Crippen LogP contribution in [0.1, 0.15) is 53.8 Å². The average molecular weight is 768 g/mol. The standard InChI is InChI=1S/C53H43N3O.C2H6/c1-7-8-20-40-35(6)57-53-50(40)54-52(49(55-53)39-27-17-26-38(33(39)4)37-21-11-9-18-31(37)2)56-45-28-16-15-25-44(45)48-43-24-14-13-23-42(43)47(34(5)51(48)56)46-32(3)29-30-36-19-10-12-22-41(36)46;1-2/h7,9-19,21-30H,1,8,20H2,2-6H3;1-2H3. The van der Waals surface area contributed by atoms with E-state index in [4.69, 9.17) is 14.4 Å². The van der Waals surface area contributed by atoms with Crippen molar-refractivity contribution in [1.29, 1.82) is 0 Å². The number of rotatable bonds is 7. The van der Waals surface area contributed by atoms with Gasteiger partial charge in [-0.1, -0.05) is 141 Å². The Morgan fingerprint density at radius 1 is 0.593 bits per heavy atom. The van der Waals surface area contributed by atoms with Crippen molar-refractivity contribution in [3.05, 3.63) is 174 Å². The highest BCUT2D eigenvalue weighted by atomic mass is 16.3. The second-order valence-corrected chi connectivity index (χ2v) is 15.4. The zero-order chi connectivity index (χ0) is 40.9. The first-order valence-corrected chi connectivity index (χ1v) is 20.9. The number of aromatic nitrogens is 3. The molecular weight excluding hydrogens is 719 g/mol. The first kappa shape index (κ1) is 37.8. The lowest BCUT2D eigenvalue weighted by Crippen LogP contribution is -2.06. The Morgan fingerprint density at radius 2 is 1.25 bits per heavy atom. The van der Waals surface area contributed by atoms with Gasteiger partial charge in [0.25, 0.3) is 0 Å². The number of para-hydroxylation sites is 1. The van der Waals surface area contributed by atoms with Gasteiger partial charge in [0.05, 0.1) is 11.0 Å². The summed E-state index contributed by atoms with van der Waals surface area (Å²) in [5, 5.41) is 7.33. The maximum Gasteiger partial charge on any atom is 0.246 e. The Kier molecular flexibility index (Phi) is 9.73. The molecule has 0 bridgehead atoms. The number of nitrogens with zero attached hydrogens (tertiary/aromatic N) is 3. The molecule has 3 heterocycles. The highest BCUT2D eigenvalue weighted by Crippen LogP contribution is 2.48. The Balaban J connectivity index is 0.00000221. The fourth-order valence-corrected chi connectivity index (χ4v) is 9.35. The fraction of sp³-hybridized carbons (Fsp3) is 0.164. The second-order valence-electron chi connectivity index (χ2n) is 15.4. The van der Waals surface area contributed by atoms with Crippen molar-refractivity contribution in [2.24, 2.45) is 0 Å². The summed E-state index contributed by atoms with van der Waals surface area (Å²) < 4.78 is 8.88. The molecule has 0 N–H and O–H groups in total. The van der Waals surface area contributed by atoms with Gasteiger partial charge in [0.15, 0.2) is 5.82 Å². The van der Waals surface area contributed by atoms with E-state index >= 15 is 0 Å². The number of allylic oxidation sites excluding steroid dienone is 1. The lowest BCUT2D eigenvalue weighted by atomic mass is 9.86. The normalized spacial score (nSPS) is 11.5. The van der Waals surface area contributed by atoms with Gasteiger partial charge >= 0.3 is 0 Å². The fourth-order valence-electron chi connectivity index (χ4n) is 9.35. The molecule has 4 nitrogen and oxygen atoms in total. The van der Waals surface area contributed by atoms with Crippen molar-refractivity contribution < 1.29 is 4.42 Å². The first-order valence-electron chi connectivity index (χ1n) is 20.9. The summed E-state index contributed by atoms with van der Waals surface area (Å²) >= 11 is 0. The van der Waals surface area contributed by atoms with Crippen LogP contribution in [-0.2, 0) is 6.42 Å². The quantitative estimate of drug-likeness (QED) is 0.152. The number of hydrogen-bond donors (Lipinski definition) is 0. The van der Waals surface area contributed by atoms with E-state index in [-0.39, 0.29) is 0 Å². The minimum absolute atomic E-state index is 0.556. The van der Waals surface area contributed by atoms with Crippen LogP contribution in [-0.4, -0.2) is 14.5 Å². The van der Waals surface area contributed by atoms with Crippen LogP contribution in [0.3, 0.4) is 0 Å². The number of hydrogen-bond acceptors (Lipinski definition) is 3. The van der Waals surface area contributed by atoms with Crippen molar-refractivity contribution in [2.45, 2.75) is 61.3 Å². The van der Waals surface area contributed by atoms with Crippen LogP contribution in [0.4, 0.5) is 0 Å². The molecule has 0 radical (unpaired) electrons. The van der Waals surface area contributed by atoms with Crippen LogP contribution in [0.2, 0.25) is 0 Å². The highest BCUT2D eigenvalue weighted by Gasteiger charge is 2.27. The molecule has 10 aromatic rings. The second kappa shape index (κ2) is 15.2. The van der Waals surface area contributed by atoms with Crippen molar-refractivity contribution in [1.82, 2.24) is 14.5 Å². The summed E-state index contributed by atoms with van der Waals surface area (Å²) in [5.41, 5.74) is 16.2. The van der Waals surface area contributed by atoms with E-state index in [1.165, 1.54) is 71.3 Å². The molecule has 0 unspecified atom stereocenters. The van der Waals surface area contributed by atoms with E-state index in [1.54, 1.807) is 0 Å². The van der Waals surface area contributed by atoms with Crippen LogP contribution in [0, 0.1) is 34.6 Å². The number of fused-ring (bicyclic) bond motifs is 7. The van der Waals surface area contributed by atoms with E-state index in [2.05, 4.69) is 166 Å². The third-order valence-corrected chi connectivity index (χ3v) is 12.1. The summed E-state index contributed by atoms with van der Waals surface area (Å²) in [6, 6.07) is 46.1. The van der Waals surface area contributed by atoms with Gasteiger partial charge in [0.2, 0.25) is 5.71 Å². The molecule has 290 valence electrons. The van der Waals surface area contributed by atoms with Gasteiger partial charge in [0, 0.05) is 21.9 Å². The highest BCUT2D eigenvalue weighted by molar-refractivity contribution is 6.26. The Bertz CT molecular complexity index is 3270. The van der Waals surface area contributed by atoms with Gasteiger partial charge in [-0.05, 0) is 120 Å². The van der Waals surface area contributed by atoms with Crippen molar-refractivity contribution in [3.63, 3.8) is 0 Å². The molecule has 0 atom stereocenters. The summed E-state index contributed by atoms with van der Waals surface area (Å²) in [6.45, 7) is 19.0. The first-order chi connectivity index (χ1) is 28.9. The third-order valence-electron chi connectivity index (χ3n) is 12.1. The summed E-state index contributed by atoms with van der Waals surface area (Å²) in [4.78, 5) is 11.2. The SMILES string of the molecule is C=CCCc1c(C)oc2nc(-c3cccc(-c4ccccc4C)c3C)c(-n3c4ccccc4c4c5ccccc5c(-c5c(C)ccc6ccccc56)c(C)c43)nc12.CC. The smallest absolute Gasteiger partial charge is 0.246 e. The molecule has 7 aromatic carbocycles. The lowest BCUT2D eigenvalue weighted by molar-refractivity contribution is 0.561. The van der Waals surface area contributed by atoms with Crippen molar-refractivity contribution in [2.75, 3.05) is 0 Å². The molecule has 0 aliphatic heterocycles. The zero-order valence-electron chi connectivity index (χ0n) is 35.1. The number of furan rings is 1. The van der Waals surface area contributed by atoms with Gasteiger partial charge in [-0.2, -0.15) is 0 Å². The van der Waals surface area contributed by atoms with Gasteiger partial charge in [-0.25, -0.2) is 9.97 Å². The summed E-state index contributed by atoms with van der Waals surface area (Å²) in [7, 11) is 0. The molecule has 3 aromatic heterocycles. The van der Waals surface area contributed by atoms with E-state index < -0.39 is 0 Å².